The maximum absolute atomic E-state index is 12.1. The monoisotopic (exact) mass is 335 g/mol. The minimum Gasteiger partial charge on any atom is -0.335 e. The Bertz CT molecular complexity index is 572. The molecule has 5 nitrogen and oxygen atoms in total. The number of fused-ring (bicyclic) bond motifs is 1. The number of hydrogen-bond donors (Lipinski definition) is 2. The van der Waals surface area contributed by atoms with E-state index in [-0.39, 0.29) is 24.5 Å². The van der Waals surface area contributed by atoms with Crippen LogP contribution in [0, 0.1) is 5.92 Å². The summed E-state index contributed by atoms with van der Waals surface area (Å²) in [6.07, 6.45) is 5.54. The Labute approximate surface area is 141 Å². The summed E-state index contributed by atoms with van der Waals surface area (Å²) in [6, 6.07) is 1.98. The van der Waals surface area contributed by atoms with E-state index in [1.165, 1.54) is 16.9 Å². The standard InChI is InChI=1S/C17H25N3O2S/c1-12-4-2-3-5-14(12)18-17(22)19-16(21)11-20-8-6-15-13(10-20)7-9-23-15/h7,9,12,14H,2-6,8,10-11H2,1H3,(H2,18,19,21,22)/t12-,14-/m0/s1. The zero-order valence-corrected chi connectivity index (χ0v) is 14.5. The molecule has 1 fully saturated rings. The van der Waals surface area contributed by atoms with Gasteiger partial charge in [0.1, 0.15) is 0 Å². The Kier molecular flexibility index (Phi) is 5.33. The van der Waals surface area contributed by atoms with Gasteiger partial charge in [-0.25, -0.2) is 4.79 Å². The van der Waals surface area contributed by atoms with Crippen LogP contribution >= 0.6 is 11.3 Å². The number of nitrogens with zero attached hydrogens (tertiary/aromatic N) is 1. The molecule has 1 aliphatic heterocycles. The first-order chi connectivity index (χ1) is 11.1. The zero-order valence-electron chi connectivity index (χ0n) is 13.6. The fourth-order valence-corrected chi connectivity index (χ4v) is 4.44. The first-order valence-electron chi connectivity index (χ1n) is 8.50. The SMILES string of the molecule is C[C@H]1CCCC[C@@H]1NC(=O)NC(=O)CN1CCc2sccc2C1. The van der Waals surface area contributed by atoms with Crippen LogP contribution in [0.4, 0.5) is 4.79 Å². The van der Waals surface area contributed by atoms with Crippen LogP contribution in [-0.2, 0) is 17.8 Å². The topological polar surface area (TPSA) is 61.4 Å². The van der Waals surface area contributed by atoms with E-state index in [2.05, 4.69) is 33.9 Å². The molecule has 3 rings (SSSR count). The number of nitrogens with one attached hydrogen (secondary N) is 2. The largest absolute Gasteiger partial charge is 0.335 e. The van der Waals surface area contributed by atoms with Crippen molar-refractivity contribution in [2.75, 3.05) is 13.1 Å². The molecule has 0 bridgehead atoms. The first kappa shape index (κ1) is 16.5. The summed E-state index contributed by atoms with van der Waals surface area (Å²) in [5.41, 5.74) is 1.31. The van der Waals surface area contributed by atoms with Gasteiger partial charge in [-0.15, -0.1) is 11.3 Å². The lowest BCUT2D eigenvalue weighted by atomic mass is 9.86. The van der Waals surface area contributed by atoms with E-state index in [1.54, 1.807) is 11.3 Å². The molecule has 0 radical (unpaired) electrons. The van der Waals surface area contributed by atoms with Crippen LogP contribution in [0.15, 0.2) is 11.4 Å². The molecule has 2 atom stereocenters. The quantitative estimate of drug-likeness (QED) is 0.892. The van der Waals surface area contributed by atoms with Crippen LogP contribution in [0.5, 0.6) is 0 Å². The van der Waals surface area contributed by atoms with E-state index >= 15 is 0 Å². The molecule has 1 aromatic heterocycles. The van der Waals surface area contributed by atoms with Crippen LogP contribution in [-0.4, -0.2) is 36.0 Å². The van der Waals surface area contributed by atoms with Gasteiger partial charge in [0.05, 0.1) is 6.54 Å². The van der Waals surface area contributed by atoms with E-state index in [1.807, 2.05) is 0 Å². The Morgan fingerprint density at radius 3 is 3.00 bits per heavy atom. The van der Waals surface area contributed by atoms with Crippen molar-refractivity contribution in [3.63, 3.8) is 0 Å². The van der Waals surface area contributed by atoms with Crippen LogP contribution in [0.3, 0.4) is 0 Å². The van der Waals surface area contributed by atoms with Gasteiger partial charge in [-0.05, 0) is 42.2 Å². The lowest BCUT2D eigenvalue weighted by Crippen LogP contribution is -2.50. The van der Waals surface area contributed by atoms with Gasteiger partial charge in [-0.1, -0.05) is 19.8 Å². The van der Waals surface area contributed by atoms with Gasteiger partial charge in [0.25, 0.3) is 0 Å². The highest BCUT2D eigenvalue weighted by Gasteiger charge is 2.24. The van der Waals surface area contributed by atoms with E-state index in [0.717, 1.165) is 38.8 Å². The Morgan fingerprint density at radius 1 is 1.35 bits per heavy atom. The van der Waals surface area contributed by atoms with Crippen LogP contribution in [0.1, 0.15) is 43.0 Å². The molecule has 2 N–H and O–H groups in total. The summed E-state index contributed by atoms with van der Waals surface area (Å²) in [6.45, 7) is 4.12. The number of carbonyl (C=O) groups is 2. The molecule has 1 aliphatic carbocycles. The third-order valence-corrected chi connectivity index (χ3v) is 5.96. The van der Waals surface area contributed by atoms with E-state index in [9.17, 15) is 9.59 Å². The number of imide groups is 1. The van der Waals surface area contributed by atoms with Gasteiger partial charge in [0.2, 0.25) is 5.91 Å². The molecular formula is C17H25N3O2S. The molecule has 3 amide bonds. The molecule has 23 heavy (non-hydrogen) atoms. The molecule has 0 unspecified atom stereocenters. The average molecular weight is 335 g/mol. The second-order valence-corrected chi connectivity index (χ2v) is 7.72. The summed E-state index contributed by atoms with van der Waals surface area (Å²) >= 11 is 1.79. The second-order valence-electron chi connectivity index (χ2n) is 6.72. The third kappa shape index (κ3) is 4.32. The summed E-state index contributed by atoms with van der Waals surface area (Å²) in [5.74, 6) is 0.272. The predicted molar refractivity (Wildman–Crippen MR) is 91.4 cm³/mol. The van der Waals surface area contributed by atoms with E-state index in [0.29, 0.717) is 5.92 Å². The highest BCUT2D eigenvalue weighted by molar-refractivity contribution is 7.10. The molecule has 2 heterocycles. The molecule has 126 valence electrons. The fourth-order valence-electron chi connectivity index (χ4n) is 3.55. The fraction of sp³-hybridized carbons (Fsp3) is 0.647. The Morgan fingerprint density at radius 2 is 2.17 bits per heavy atom. The highest BCUT2D eigenvalue weighted by Crippen LogP contribution is 2.24. The molecule has 0 aromatic carbocycles. The van der Waals surface area contributed by atoms with Gasteiger partial charge in [-0.2, -0.15) is 0 Å². The van der Waals surface area contributed by atoms with Crippen LogP contribution < -0.4 is 10.6 Å². The van der Waals surface area contributed by atoms with Crippen molar-refractivity contribution >= 4 is 23.3 Å². The molecule has 2 aliphatic rings. The van der Waals surface area contributed by atoms with Gasteiger partial charge in [-0.3, -0.25) is 15.0 Å². The lowest BCUT2D eigenvalue weighted by Gasteiger charge is -2.29. The van der Waals surface area contributed by atoms with Crippen molar-refractivity contribution in [3.8, 4) is 0 Å². The predicted octanol–water partition coefficient (Wildman–Crippen LogP) is 2.51. The minimum absolute atomic E-state index is 0.194. The summed E-state index contributed by atoms with van der Waals surface area (Å²) in [5, 5.41) is 7.55. The third-order valence-electron chi connectivity index (χ3n) is 4.93. The van der Waals surface area contributed by atoms with Gasteiger partial charge in [0.15, 0.2) is 0 Å². The van der Waals surface area contributed by atoms with E-state index < -0.39 is 0 Å². The van der Waals surface area contributed by atoms with Gasteiger partial charge >= 0.3 is 6.03 Å². The normalized spacial score (nSPS) is 24.7. The number of urea groups is 1. The van der Waals surface area contributed by atoms with Crippen molar-refractivity contribution in [1.29, 1.82) is 0 Å². The van der Waals surface area contributed by atoms with Gasteiger partial charge in [0, 0.05) is 24.0 Å². The second kappa shape index (κ2) is 7.45. The molecule has 0 spiro atoms. The van der Waals surface area contributed by atoms with E-state index in [4.69, 9.17) is 0 Å². The minimum atomic E-state index is -0.345. The average Bonchev–Trinajstić information content (AvgIpc) is 2.97. The molecule has 1 aromatic rings. The number of amides is 3. The summed E-state index contributed by atoms with van der Waals surface area (Å²) in [7, 11) is 0. The summed E-state index contributed by atoms with van der Waals surface area (Å²) in [4.78, 5) is 27.6. The molecule has 6 heteroatoms. The van der Waals surface area contributed by atoms with Crippen molar-refractivity contribution in [2.24, 2.45) is 5.92 Å². The number of hydrogen-bond acceptors (Lipinski definition) is 4. The Hall–Kier alpha value is -1.40. The lowest BCUT2D eigenvalue weighted by molar-refractivity contribution is -0.121. The number of rotatable bonds is 3. The maximum Gasteiger partial charge on any atom is 0.321 e. The maximum atomic E-state index is 12.1. The summed E-state index contributed by atoms with van der Waals surface area (Å²) < 4.78 is 0. The smallest absolute Gasteiger partial charge is 0.321 e. The Balaban J connectivity index is 1.43. The highest BCUT2D eigenvalue weighted by atomic mass is 32.1. The van der Waals surface area contributed by atoms with Crippen molar-refractivity contribution in [2.45, 2.75) is 51.6 Å². The van der Waals surface area contributed by atoms with Crippen molar-refractivity contribution in [3.05, 3.63) is 21.9 Å². The number of carbonyl (C=O) groups excluding carboxylic acids is 2. The van der Waals surface area contributed by atoms with Crippen molar-refractivity contribution < 1.29 is 9.59 Å². The molecule has 0 saturated heterocycles. The number of thiophene rings is 1. The van der Waals surface area contributed by atoms with Crippen LogP contribution in [0.2, 0.25) is 0 Å². The molecular weight excluding hydrogens is 310 g/mol. The first-order valence-corrected chi connectivity index (χ1v) is 9.37. The molecule has 1 saturated carbocycles. The zero-order chi connectivity index (χ0) is 16.2. The van der Waals surface area contributed by atoms with Crippen LogP contribution in [0.25, 0.3) is 0 Å². The van der Waals surface area contributed by atoms with Gasteiger partial charge < -0.3 is 5.32 Å². The van der Waals surface area contributed by atoms with Crippen molar-refractivity contribution in [1.82, 2.24) is 15.5 Å².